The van der Waals surface area contributed by atoms with Crippen LogP contribution in [-0.2, 0) is 0 Å². The first-order valence-corrected chi connectivity index (χ1v) is 1.93. The van der Waals surface area contributed by atoms with Crippen molar-refractivity contribution < 1.29 is 0 Å². The molecular formula is C4H8Cl3N3. The molecule has 1 heterocycles. The van der Waals surface area contributed by atoms with Gasteiger partial charge in [0.2, 0.25) is 0 Å². The lowest BCUT2D eigenvalue weighted by Crippen LogP contribution is -1.88. The first-order valence-electron chi connectivity index (χ1n) is 1.93. The van der Waals surface area contributed by atoms with Gasteiger partial charge in [0.15, 0.2) is 0 Å². The normalized spacial score (nSPS) is 6.00. The highest BCUT2D eigenvalue weighted by Gasteiger charge is 1.75. The maximum absolute atomic E-state index is 5.18. The molecule has 1 rings (SSSR count). The van der Waals surface area contributed by atoms with Crippen molar-refractivity contribution in [2.75, 3.05) is 5.73 Å². The van der Waals surface area contributed by atoms with Crippen molar-refractivity contribution >= 4 is 43.0 Å². The number of anilines is 1. The summed E-state index contributed by atoms with van der Waals surface area (Å²) in [6.07, 6.45) is 1.58. The second kappa shape index (κ2) is 8.75. The van der Waals surface area contributed by atoms with Crippen LogP contribution in [0.2, 0.25) is 0 Å². The molecule has 0 unspecified atom stereocenters. The molecule has 0 radical (unpaired) electrons. The number of hydrogen-bond donors (Lipinski definition) is 1. The van der Waals surface area contributed by atoms with Crippen molar-refractivity contribution in [3.63, 3.8) is 0 Å². The summed E-state index contributed by atoms with van der Waals surface area (Å²) in [7, 11) is 0. The van der Waals surface area contributed by atoms with Gasteiger partial charge in [-0.25, -0.2) is 0 Å². The molecule has 0 amide bonds. The standard InChI is InChI=1S/C4H5N3.3ClH/c5-4-2-1-3-6-7-4;;;/h1-3H,(H2,5,7);3*1H. The van der Waals surface area contributed by atoms with Crippen LogP contribution >= 0.6 is 37.2 Å². The van der Waals surface area contributed by atoms with Crippen LogP contribution in [0, 0.1) is 0 Å². The Hall–Kier alpha value is -0.250. The first-order chi connectivity index (χ1) is 3.39. The van der Waals surface area contributed by atoms with E-state index in [1.807, 2.05) is 0 Å². The summed E-state index contributed by atoms with van der Waals surface area (Å²) in [5, 5.41) is 7.02. The molecule has 60 valence electrons. The molecule has 0 aliphatic carbocycles. The smallest absolute Gasteiger partial charge is 0.146 e. The highest BCUT2D eigenvalue weighted by Crippen LogP contribution is 1.86. The fourth-order valence-corrected chi connectivity index (χ4v) is 0.313. The molecule has 10 heavy (non-hydrogen) atoms. The number of rotatable bonds is 0. The molecule has 6 heteroatoms. The quantitative estimate of drug-likeness (QED) is 0.694. The van der Waals surface area contributed by atoms with Crippen LogP contribution in [0.5, 0.6) is 0 Å². The molecule has 0 aliphatic heterocycles. The third kappa shape index (κ3) is 5.88. The second-order valence-corrected chi connectivity index (χ2v) is 1.15. The summed E-state index contributed by atoms with van der Waals surface area (Å²) < 4.78 is 0. The Morgan fingerprint density at radius 2 is 1.80 bits per heavy atom. The van der Waals surface area contributed by atoms with E-state index < -0.39 is 0 Å². The highest BCUT2D eigenvalue weighted by molar-refractivity contribution is 5.86. The van der Waals surface area contributed by atoms with Gasteiger partial charge in [-0.3, -0.25) is 0 Å². The van der Waals surface area contributed by atoms with Gasteiger partial charge in [0.1, 0.15) is 5.82 Å². The Morgan fingerprint density at radius 3 is 2.00 bits per heavy atom. The summed E-state index contributed by atoms with van der Waals surface area (Å²) in [6.45, 7) is 0. The molecule has 0 aromatic carbocycles. The fourth-order valence-electron chi connectivity index (χ4n) is 0.313. The van der Waals surface area contributed by atoms with Gasteiger partial charge in [0.25, 0.3) is 0 Å². The maximum Gasteiger partial charge on any atom is 0.146 e. The largest absolute Gasteiger partial charge is 0.382 e. The zero-order valence-electron chi connectivity index (χ0n) is 4.93. The van der Waals surface area contributed by atoms with Crippen LogP contribution in [-0.4, -0.2) is 10.2 Å². The number of nitrogens with zero attached hydrogens (tertiary/aromatic N) is 2. The van der Waals surface area contributed by atoms with E-state index in [-0.39, 0.29) is 37.2 Å². The van der Waals surface area contributed by atoms with Crippen molar-refractivity contribution in [2.45, 2.75) is 0 Å². The van der Waals surface area contributed by atoms with Crippen LogP contribution in [0.4, 0.5) is 5.82 Å². The van der Waals surface area contributed by atoms with E-state index in [0.29, 0.717) is 5.82 Å². The minimum Gasteiger partial charge on any atom is -0.382 e. The van der Waals surface area contributed by atoms with Gasteiger partial charge in [-0.15, -0.1) is 42.3 Å². The SMILES string of the molecule is Cl.Cl.Cl.Nc1cccnn1. The monoisotopic (exact) mass is 203 g/mol. The van der Waals surface area contributed by atoms with E-state index in [2.05, 4.69) is 10.2 Å². The molecule has 0 bridgehead atoms. The van der Waals surface area contributed by atoms with Gasteiger partial charge in [0, 0.05) is 6.20 Å². The summed E-state index contributed by atoms with van der Waals surface area (Å²) in [5.74, 6) is 0.461. The Balaban J connectivity index is -0.000000163. The fraction of sp³-hybridized carbons (Fsp3) is 0. The van der Waals surface area contributed by atoms with Gasteiger partial charge in [0.05, 0.1) is 0 Å². The lowest BCUT2D eigenvalue weighted by atomic mass is 10.6. The second-order valence-electron chi connectivity index (χ2n) is 1.15. The lowest BCUT2D eigenvalue weighted by Gasteiger charge is -1.81. The van der Waals surface area contributed by atoms with Crippen LogP contribution in [0.3, 0.4) is 0 Å². The Labute approximate surface area is 77.6 Å². The lowest BCUT2D eigenvalue weighted by molar-refractivity contribution is 1.04. The van der Waals surface area contributed by atoms with E-state index in [0.717, 1.165) is 0 Å². The molecule has 1 aromatic rings. The third-order valence-corrected chi connectivity index (χ3v) is 0.593. The molecule has 0 spiro atoms. The van der Waals surface area contributed by atoms with Crippen LogP contribution in [0.25, 0.3) is 0 Å². The van der Waals surface area contributed by atoms with Gasteiger partial charge in [-0.05, 0) is 12.1 Å². The summed E-state index contributed by atoms with van der Waals surface area (Å²) in [5.41, 5.74) is 5.18. The number of halogens is 3. The van der Waals surface area contributed by atoms with E-state index in [1.54, 1.807) is 18.3 Å². The molecule has 2 N–H and O–H groups in total. The average Bonchev–Trinajstić information content (AvgIpc) is 1.69. The topological polar surface area (TPSA) is 51.8 Å². The molecule has 0 saturated carbocycles. The number of nitrogen functional groups attached to an aromatic ring is 1. The van der Waals surface area contributed by atoms with E-state index >= 15 is 0 Å². The Kier molecular flexibility index (Phi) is 14.3. The Morgan fingerprint density at radius 1 is 1.20 bits per heavy atom. The first kappa shape index (κ1) is 16.4. The van der Waals surface area contributed by atoms with Gasteiger partial charge >= 0.3 is 0 Å². The number of nitrogens with two attached hydrogens (primary N) is 1. The Bertz CT molecular complexity index is 146. The number of aromatic nitrogens is 2. The van der Waals surface area contributed by atoms with E-state index in [9.17, 15) is 0 Å². The maximum atomic E-state index is 5.18. The van der Waals surface area contributed by atoms with Crippen molar-refractivity contribution in [1.82, 2.24) is 10.2 Å². The van der Waals surface area contributed by atoms with Crippen LogP contribution in [0.15, 0.2) is 18.3 Å². The molecule has 0 atom stereocenters. The zero-order chi connectivity index (χ0) is 5.11. The summed E-state index contributed by atoms with van der Waals surface area (Å²) >= 11 is 0. The minimum absolute atomic E-state index is 0. The van der Waals surface area contributed by atoms with E-state index in [4.69, 9.17) is 5.73 Å². The third-order valence-electron chi connectivity index (χ3n) is 0.593. The van der Waals surface area contributed by atoms with Crippen molar-refractivity contribution in [1.29, 1.82) is 0 Å². The van der Waals surface area contributed by atoms with Gasteiger partial charge in [-0.1, -0.05) is 0 Å². The minimum atomic E-state index is 0. The molecule has 3 nitrogen and oxygen atoms in total. The molecule has 0 saturated heterocycles. The molecule has 0 aliphatic rings. The number of hydrogen-bond acceptors (Lipinski definition) is 3. The molecule has 1 aromatic heterocycles. The van der Waals surface area contributed by atoms with Gasteiger partial charge < -0.3 is 5.73 Å². The van der Waals surface area contributed by atoms with Gasteiger partial charge in [-0.2, -0.15) is 5.10 Å². The average molecular weight is 204 g/mol. The summed E-state index contributed by atoms with van der Waals surface area (Å²) in [4.78, 5) is 0. The van der Waals surface area contributed by atoms with E-state index in [1.165, 1.54) is 0 Å². The zero-order valence-corrected chi connectivity index (χ0v) is 7.38. The highest BCUT2D eigenvalue weighted by atomic mass is 35.5. The predicted molar refractivity (Wildman–Crippen MR) is 48.2 cm³/mol. The van der Waals surface area contributed by atoms with Crippen molar-refractivity contribution in [3.05, 3.63) is 18.3 Å². The molecule has 0 fully saturated rings. The molecular weight excluding hydrogens is 196 g/mol. The predicted octanol–water partition coefficient (Wildman–Crippen LogP) is 1.32. The van der Waals surface area contributed by atoms with Crippen LogP contribution < -0.4 is 5.73 Å². The van der Waals surface area contributed by atoms with Crippen molar-refractivity contribution in [3.8, 4) is 0 Å². The van der Waals surface area contributed by atoms with Crippen molar-refractivity contribution in [2.24, 2.45) is 0 Å². The summed E-state index contributed by atoms with van der Waals surface area (Å²) in [6, 6.07) is 3.43. The van der Waals surface area contributed by atoms with Crippen LogP contribution in [0.1, 0.15) is 0 Å².